The minimum Gasteiger partial charge on any atom is -0.381 e. The number of fused-ring (bicyclic) bond motifs is 1. The van der Waals surface area contributed by atoms with Crippen molar-refractivity contribution in [1.29, 1.82) is 0 Å². The van der Waals surface area contributed by atoms with E-state index in [4.69, 9.17) is 19.9 Å². The van der Waals surface area contributed by atoms with Gasteiger partial charge in [0.15, 0.2) is 23.7 Å². The SMILES string of the molecule is CC1(C)OC2C(CI)OC(n3cc(F)c(N)nc3=O)C2O1. The number of nitrogens with zero attached hydrogens (tertiary/aromatic N) is 2. The van der Waals surface area contributed by atoms with E-state index < -0.39 is 35.4 Å². The lowest BCUT2D eigenvalue weighted by atomic mass is 10.1. The Labute approximate surface area is 133 Å². The van der Waals surface area contributed by atoms with Crippen molar-refractivity contribution in [1.82, 2.24) is 9.55 Å². The van der Waals surface area contributed by atoms with Gasteiger partial charge >= 0.3 is 5.69 Å². The van der Waals surface area contributed by atoms with E-state index in [1.165, 1.54) is 0 Å². The summed E-state index contributed by atoms with van der Waals surface area (Å²) in [5.41, 5.74) is 4.61. The number of nitrogen functional groups attached to an aromatic ring is 1. The first-order valence-electron chi connectivity index (χ1n) is 6.43. The topological polar surface area (TPSA) is 88.6 Å². The molecule has 2 aliphatic heterocycles. The molecular weight excluding hydrogens is 396 g/mol. The molecule has 0 radical (unpaired) electrons. The molecule has 1 aromatic rings. The van der Waals surface area contributed by atoms with Crippen LogP contribution in [0, 0.1) is 5.82 Å². The number of hydrogen-bond acceptors (Lipinski definition) is 6. The van der Waals surface area contributed by atoms with Crippen LogP contribution in [0.2, 0.25) is 0 Å². The molecule has 2 saturated heterocycles. The smallest absolute Gasteiger partial charge is 0.351 e. The molecule has 2 N–H and O–H groups in total. The van der Waals surface area contributed by atoms with Gasteiger partial charge in [0.1, 0.15) is 12.2 Å². The van der Waals surface area contributed by atoms with Crippen LogP contribution < -0.4 is 11.4 Å². The molecule has 116 valence electrons. The van der Waals surface area contributed by atoms with E-state index in [2.05, 4.69) is 27.6 Å². The lowest BCUT2D eigenvalue weighted by Crippen LogP contribution is -2.35. The molecule has 4 unspecified atom stereocenters. The first-order chi connectivity index (χ1) is 9.82. The van der Waals surface area contributed by atoms with Crippen LogP contribution in [0.15, 0.2) is 11.0 Å². The monoisotopic (exact) mass is 411 g/mol. The van der Waals surface area contributed by atoms with Gasteiger partial charge < -0.3 is 19.9 Å². The summed E-state index contributed by atoms with van der Waals surface area (Å²) in [6.07, 6.45) is -0.838. The van der Waals surface area contributed by atoms with Crippen LogP contribution in [0.1, 0.15) is 20.1 Å². The third kappa shape index (κ3) is 2.56. The Morgan fingerprint density at radius 2 is 2.14 bits per heavy atom. The molecule has 7 nitrogen and oxygen atoms in total. The maximum Gasteiger partial charge on any atom is 0.351 e. The van der Waals surface area contributed by atoms with Crippen molar-refractivity contribution in [2.45, 2.75) is 44.2 Å². The largest absolute Gasteiger partial charge is 0.381 e. The molecule has 0 spiro atoms. The highest BCUT2D eigenvalue weighted by atomic mass is 127. The minimum atomic E-state index is -0.786. The zero-order valence-corrected chi connectivity index (χ0v) is 13.6. The van der Waals surface area contributed by atoms with Crippen molar-refractivity contribution in [3.8, 4) is 0 Å². The summed E-state index contributed by atoms with van der Waals surface area (Å²) < 4.78 is 32.8. The van der Waals surface area contributed by atoms with Crippen LogP contribution in [0.4, 0.5) is 10.2 Å². The molecule has 0 aromatic carbocycles. The molecule has 3 rings (SSSR count). The van der Waals surface area contributed by atoms with E-state index in [0.29, 0.717) is 4.43 Å². The average molecular weight is 411 g/mol. The van der Waals surface area contributed by atoms with Gasteiger partial charge in [-0.25, -0.2) is 9.18 Å². The predicted octanol–water partition coefficient (Wildman–Crippen LogP) is 0.817. The Balaban J connectivity index is 1.99. The molecule has 4 atom stereocenters. The maximum atomic E-state index is 13.6. The third-order valence-electron chi connectivity index (χ3n) is 3.49. The van der Waals surface area contributed by atoms with Crippen LogP contribution >= 0.6 is 22.6 Å². The van der Waals surface area contributed by atoms with Gasteiger partial charge in [-0.3, -0.25) is 4.57 Å². The number of anilines is 1. The van der Waals surface area contributed by atoms with E-state index >= 15 is 0 Å². The standard InChI is InChI=1S/C12H15FIN3O4/c1-12(2)20-7-6(3-14)19-10(8(7)21-12)17-4-5(13)9(15)16-11(17)18/h4,6-8,10H,3H2,1-2H3,(H2,15,16,18). The van der Waals surface area contributed by atoms with Gasteiger partial charge in [0.2, 0.25) is 0 Å². The van der Waals surface area contributed by atoms with Crippen molar-refractivity contribution in [3.05, 3.63) is 22.5 Å². The fraction of sp³-hybridized carbons (Fsp3) is 0.667. The Morgan fingerprint density at radius 3 is 2.81 bits per heavy atom. The molecule has 0 amide bonds. The van der Waals surface area contributed by atoms with E-state index in [1.54, 1.807) is 13.8 Å². The third-order valence-corrected chi connectivity index (χ3v) is 4.35. The van der Waals surface area contributed by atoms with Crippen LogP contribution in [-0.2, 0) is 14.2 Å². The zero-order valence-electron chi connectivity index (χ0n) is 11.5. The number of hydrogen-bond donors (Lipinski definition) is 1. The first-order valence-corrected chi connectivity index (χ1v) is 7.96. The van der Waals surface area contributed by atoms with Crippen LogP contribution in [-0.4, -0.2) is 38.1 Å². The average Bonchev–Trinajstić information content (AvgIpc) is 2.87. The number of halogens is 2. The van der Waals surface area contributed by atoms with Crippen LogP contribution in [0.5, 0.6) is 0 Å². The van der Waals surface area contributed by atoms with E-state index in [0.717, 1.165) is 10.8 Å². The van der Waals surface area contributed by atoms with Crippen molar-refractivity contribution in [2.24, 2.45) is 0 Å². The van der Waals surface area contributed by atoms with Gasteiger partial charge in [0, 0.05) is 4.43 Å². The van der Waals surface area contributed by atoms with Crippen molar-refractivity contribution in [2.75, 3.05) is 10.2 Å². The van der Waals surface area contributed by atoms with Crippen molar-refractivity contribution >= 4 is 28.4 Å². The summed E-state index contributed by atoms with van der Waals surface area (Å²) in [5, 5.41) is 0. The number of ether oxygens (including phenoxy) is 3. The molecule has 3 heterocycles. The fourth-order valence-corrected chi connectivity index (χ4v) is 3.36. The predicted molar refractivity (Wildman–Crippen MR) is 79.5 cm³/mol. The number of alkyl halides is 1. The molecule has 21 heavy (non-hydrogen) atoms. The normalized spacial score (nSPS) is 34.1. The second kappa shape index (κ2) is 5.14. The summed E-state index contributed by atoms with van der Waals surface area (Å²) >= 11 is 2.17. The zero-order chi connectivity index (χ0) is 15.4. The van der Waals surface area contributed by atoms with Crippen molar-refractivity contribution < 1.29 is 18.6 Å². The second-order valence-corrected chi connectivity index (χ2v) is 6.33. The van der Waals surface area contributed by atoms with Gasteiger partial charge in [-0.2, -0.15) is 4.98 Å². The number of rotatable bonds is 2. The molecule has 9 heteroatoms. The Bertz CT molecular complexity index is 623. The quantitative estimate of drug-likeness (QED) is 0.573. The Morgan fingerprint density at radius 1 is 1.48 bits per heavy atom. The van der Waals surface area contributed by atoms with E-state index in [-0.39, 0.29) is 12.2 Å². The molecule has 2 fully saturated rings. The second-order valence-electron chi connectivity index (χ2n) is 5.45. The molecule has 0 saturated carbocycles. The summed E-state index contributed by atoms with van der Waals surface area (Å²) in [5.74, 6) is -1.98. The van der Waals surface area contributed by atoms with Gasteiger partial charge in [0.25, 0.3) is 0 Å². The molecule has 0 bridgehead atoms. The fourth-order valence-electron chi connectivity index (χ4n) is 2.65. The summed E-state index contributed by atoms with van der Waals surface area (Å²) in [6, 6.07) is 0. The molecule has 1 aromatic heterocycles. The summed E-state index contributed by atoms with van der Waals surface area (Å²) in [7, 11) is 0. The van der Waals surface area contributed by atoms with Gasteiger partial charge in [-0.05, 0) is 13.8 Å². The van der Waals surface area contributed by atoms with Crippen molar-refractivity contribution in [3.63, 3.8) is 0 Å². The van der Waals surface area contributed by atoms with E-state index in [1.807, 2.05) is 0 Å². The Kier molecular flexibility index (Phi) is 3.71. The molecular formula is C12H15FIN3O4. The first kappa shape index (κ1) is 15.1. The van der Waals surface area contributed by atoms with Crippen LogP contribution in [0.3, 0.4) is 0 Å². The summed E-state index contributed by atoms with van der Waals surface area (Å²) in [6.45, 7) is 3.58. The maximum absolute atomic E-state index is 13.6. The summed E-state index contributed by atoms with van der Waals surface area (Å²) in [4.78, 5) is 15.4. The highest BCUT2D eigenvalue weighted by Crippen LogP contribution is 2.43. The lowest BCUT2D eigenvalue weighted by molar-refractivity contribution is -0.194. The van der Waals surface area contributed by atoms with E-state index in [9.17, 15) is 9.18 Å². The Hall–Kier alpha value is -0.780. The minimum absolute atomic E-state index is 0.241. The molecule has 0 aliphatic carbocycles. The van der Waals surface area contributed by atoms with Gasteiger partial charge in [0.05, 0.1) is 12.3 Å². The van der Waals surface area contributed by atoms with Crippen LogP contribution in [0.25, 0.3) is 0 Å². The lowest BCUT2D eigenvalue weighted by Gasteiger charge is -2.24. The molecule has 2 aliphatic rings. The highest BCUT2D eigenvalue weighted by Gasteiger charge is 2.55. The highest BCUT2D eigenvalue weighted by molar-refractivity contribution is 14.1. The number of aromatic nitrogens is 2. The van der Waals surface area contributed by atoms with Gasteiger partial charge in [-0.1, -0.05) is 22.6 Å². The number of nitrogens with two attached hydrogens (primary N) is 1. The van der Waals surface area contributed by atoms with Gasteiger partial charge in [-0.15, -0.1) is 0 Å².